The van der Waals surface area contributed by atoms with E-state index in [-0.39, 0.29) is 0 Å². The molecule has 0 fully saturated rings. The first-order valence-electron chi connectivity index (χ1n) is 31.0. The van der Waals surface area contributed by atoms with Crippen LogP contribution in [0.2, 0.25) is 0 Å². The monoisotopic (exact) mass is 1180 g/mol. The third-order valence-corrected chi connectivity index (χ3v) is 21.3. The molecule has 16 aromatic carbocycles. The quantitative estimate of drug-likeness (QED) is 0.133. The molecule has 2 heterocycles. The fraction of sp³-hybridized carbons (Fsp3) is 0.0233. The number of hydrogen-bond donors (Lipinski definition) is 0. The van der Waals surface area contributed by atoms with Gasteiger partial charge in [-0.15, -0.1) is 22.7 Å². The second-order valence-electron chi connectivity index (χ2n) is 23.9. The van der Waals surface area contributed by atoms with Crippen LogP contribution >= 0.6 is 22.7 Å². The first kappa shape index (κ1) is 52.3. The molecule has 422 valence electrons. The lowest BCUT2D eigenvalue weighted by atomic mass is 9.93. The van der Waals surface area contributed by atoms with E-state index in [4.69, 9.17) is 0 Å². The van der Waals surface area contributed by atoms with Crippen LogP contribution in [0.1, 0.15) is 11.1 Å². The van der Waals surface area contributed by atoms with E-state index in [0.717, 1.165) is 45.3 Å². The summed E-state index contributed by atoms with van der Waals surface area (Å²) in [5.74, 6) is 0. The standard InChI is InChI=1S/C86H56N2S2/c1-53-49-55(41-47-79(53)87(57-43-45-67-63-25-5-3-21-59(63)61-23-7-9-27-65(61)77(67)51-57)81-37-15-11-29-69(81)73-33-19-35-75-71-31-13-17-39-83(71)89-85(73)75)56-42-48-80(54(2)50-56)88(58-44-46-68-64-26-6-4-22-60(64)62-24-8-10-28-66(62)78(68)52-58)82-38-16-12-30-70(82)74-34-20-36-76-72-32-14-18-40-84(72)90-86(74)76/h3-52H,1-2H3. The molecule has 0 aliphatic rings. The SMILES string of the molecule is Cc1cc(-c2ccc(N(c3ccc4c5ccccc5c5ccccc5c4c3)c3ccccc3-c3cccc4c3sc3ccccc34)c(C)c2)ccc1N(c1ccc2c3ccccc3c3ccccc3c2c1)c1ccccc1-c1cccc2c1sc1ccccc12. The summed E-state index contributed by atoms with van der Waals surface area (Å²) in [7, 11) is 0. The summed E-state index contributed by atoms with van der Waals surface area (Å²) in [5.41, 5.74) is 16.2. The fourth-order valence-corrected chi connectivity index (χ4v) is 17.2. The van der Waals surface area contributed by atoms with Gasteiger partial charge in [0.2, 0.25) is 0 Å². The second kappa shape index (κ2) is 20.9. The highest BCUT2D eigenvalue weighted by atomic mass is 32.1. The molecule has 0 aliphatic heterocycles. The Kier molecular flexibility index (Phi) is 12.1. The number of anilines is 6. The lowest BCUT2D eigenvalue weighted by molar-refractivity contribution is 1.25. The number of aryl methyl sites for hydroxylation is 2. The highest BCUT2D eigenvalue weighted by molar-refractivity contribution is 7.26. The van der Waals surface area contributed by atoms with Crippen molar-refractivity contribution in [3.63, 3.8) is 0 Å². The average molecular weight is 1180 g/mol. The number of hydrogen-bond acceptors (Lipinski definition) is 4. The molecule has 0 spiro atoms. The van der Waals surface area contributed by atoms with Crippen molar-refractivity contribution in [3.05, 3.63) is 314 Å². The molecule has 0 radical (unpaired) electrons. The lowest BCUT2D eigenvalue weighted by Gasteiger charge is -2.30. The molecule has 18 aromatic rings. The summed E-state index contributed by atoms with van der Waals surface area (Å²) < 4.78 is 5.19. The van der Waals surface area contributed by atoms with Gasteiger partial charge in [-0.1, -0.05) is 231 Å². The molecule has 0 bridgehead atoms. The highest BCUT2D eigenvalue weighted by Gasteiger charge is 2.25. The van der Waals surface area contributed by atoms with Crippen molar-refractivity contribution < 1.29 is 0 Å². The van der Waals surface area contributed by atoms with E-state index in [0.29, 0.717) is 0 Å². The lowest BCUT2D eigenvalue weighted by Crippen LogP contribution is -2.13. The molecule has 4 heteroatoms. The van der Waals surface area contributed by atoms with Crippen LogP contribution in [0.5, 0.6) is 0 Å². The van der Waals surface area contributed by atoms with Gasteiger partial charge in [0.1, 0.15) is 0 Å². The summed E-state index contributed by atoms with van der Waals surface area (Å²) in [6.07, 6.45) is 0. The van der Waals surface area contributed by atoms with Gasteiger partial charge in [-0.05, 0) is 174 Å². The van der Waals surface area contributed by atoms with Crippen molar-refractivity contribution in [2.45, 2.75) is 13.8 Å². The van der Waals surface area contributed by atoms with Crippen LogP contribution in [0, 0.1) is 13.8 Å². The molecule has 2 nitrogen and oxygen atoms in total. The maximum absolute atomic E-state index is 2.52. The minimum Gasteiger partial charge on any atom is -0.310 e. The summed E-state index contributed by atoms with van der Waals surface area (Å²) >= 11 is 3.77. The summed E-state index contributed by atoms with van der Waals surface area (Å²) in [6, 6.07) is 113. The van der Waals surface area contributed by atoms with Gasteiger partial charge >= 0.3 is 0 Å². The molecule has 0 aliphatic carbocycles. The van der Waals surface area contributed by atoms with Crippen molar-refractivity contribution in [3.8, 4) is 33.4 Å². The Morgan fingerprint density at radius 1 is 0.211 bits per heavy atom. The highest BCUT2D eigenvalue weighted by Crippen LogP contribution is 2.51. The molecular formula is C86H56N2S2. The van der Waals surface area contributed by atoms with E-state index < -0.39 is 0 Å². The zero-order valence-electron chi connectivity index (χ0n) is 49.6. The van der Waals surface area contributed by atoms with Gasteiger partial charge in [0.15, 0.2) is 0 Å². The Hall–Kier alpha value is -10.9. The Morgan fingerprint density at radius 2 is 0.511 bits per heavy atom. The number of thiophene rings is 2. The summed E-state index contributed by atoms with van der Waals surface area (Å²) in [6.45, 7) is 4.57. The van der Waals surface area contributed by atoms with Gasteiger partial charge in [0, 0.05) is 85.3 Å². The Labute approximate surface area is 529 Å². The number of benzene rings is 16. The van der Waals surface area contributed by atoms with Crippen LogP contribution in [-0.2, 0) is 0 Å². The van der Waals surface area contributed by atoms with Crippen LogP contribution in [0.4, 0.5) is 34.1 Å². The molecule has 2 aromatic heterocycles. The van der Waals surface area contributed by atoms with Gasteiger partial charge in [-0.2, -0.15) is 0 Å². The maximum Gasteiger partial charge on any atom is 0.0540 e. The van der Waals surface area contributed by atoms with Crippen LogP contribution in [0.25, 0.3) is 138 Å². The third kappa shape index (κ3) is 8.22. The van der Waals surface area contributed by atoms with Gasteiger partial charge in [0.05, 0.1) is 11.4 Å². The molecule has 90 heavy (non-hydrogen) atoms. The number of fused-ring (bicyclic) bond motifs is 18. The maximum atomic E-state index is 2.52. The topological polar surface area (TPSA) is 6.48 Å². The van der Waals surface area contributed by atoms with Gasteiger partial charge in [0.25, 0.3) is 0 Å². The third-order valence-electron chi connectivity index (χ3n) is 18.9. The number of rotatable bonds is 9. The van der Waals surface area contributed by atoms with Crippen molar-refractivity contribution >= 4 is 162 Å². The van der Waals surface area contributed by atoms with Crippen molar-refractivity contribution in [1.29, 1.82) is 0 Å². The normalized spacial score (nSPS) is 11.9. The molecule has 0 N–H and O–H groups in total. The first-order valence-corrected chi connectivity index (χ1v) is 32.6. The van der Waals surface area contributed by atoms with Crippen molar-refractivity contribution in [2.24, 2.45) is 0 Å². The van der Waals surface area contributed by atoms with E-state index >= 15 is 0 Å². The Morgan fingerprint density at radius 3 is 0.889 bits per heavy atom. The molecular weight excluding hydrogens is 1130 g/mol. The predicted octanol–water partition coefficient (Wildman–Crippen LogP) is 25.9. The van der Waals surface area contributed by atoms with Gasteiger partial charge in [-0.3, -0.25) is 0 Å². The number of nitrogens with zero attached hydrogens (tertiary/aromatic N) is 2. The molecule has 0 saturated carbocycles. The summed E-state index contributed by atoms with van der Waals surface area (Å²) in [5, 5.41) is 20.3. The van der Waals surface area contributed by atoms with Crippen LogP contribution in [0.3, 0.4) is 0 Å². The fourth-order valence-electron chi connectivity index (χ4n) is 14.8. The average Bonchev–Trinajstić information content (AvgIpc) is 1.05. The minimum absolute atomic E-state index is 1.11. The Balaban J connectivity index is 0.806. The molecule has 0 atom stereocenters. The molecule has 0 amide bonds. The van der Waals surface area contributed by atoms with E-state index in [9.17, 15) is 0 Å². The van der Waals surface area contributed by atoms with Crippen LogP contribution < -0.4 is 9.80 Å². The minimum atomic E-state index is 1.11. The van der Waals surface area contributed by atoms with Crippen molar-refractivity contribution in [1.82, 2.24) is 0 Å². The van der Waals surface area contributed by atoms with Gasteiger partial charge in [-0.25, -0.2) is 0 Å². The molecule has 0 unspecified atom stereocenters. The van der Waals surface area contributed by atoms with E-state index in [1.807, 2.05) is 22.7 Å². The second-order valence-corrected chi connectivity index (χ2v) is 26.0. The zero-order valence-corrected chi connectivity index (χ0v) is 51.2. The predicted molar refractivity (Wildman–Crippen MR) is 392 cm³/mol. The first-order chi connectivity index (χ1) is 44.5. The zero-order chi connectivity index (χ0) is 59.6. The van der Waals surface area contributed by atoms with E-state index in [2.05, 4.69) is 327 Å². The van der Waals surface area contributed by atoms with Crippen LogP contribution in [0.15, 0.2) is 303 Å². The van der Waals surface area contributed by atoms with Crippen molar-refractivity contribution in [2.75, 3.05) is 9.80 Å². The molecule has 18 rings (SSSR count). The summed E-state index contributed by atoms with van der Waals surface area (Å²) in [4.78, 5) is 5.03. The van der Waals surface area contributed by atoms with E-state index in [1.54, 1.807) is 0 Å². The van der Waals surface area contributed by atoms with Crippen LogP contribution in [-0.4, -0.2) is 0 Å². The smallest absolute Gasteiger partial charge is 0.0540 e. The van der Waals surface area contributed by atoms with Gasteiger partial charge < -0.3 is 9.80 Å². The largest absolute Gasteiger partial charge is 0.310 e. The molecule has 0 saturated heterocycles. The Bertz CT molecular complexity index is 5550. The number of para-hydroxylation sites is 2. The van der Waals surface area contributed by atoms with E-state index in [1.165, 1.54) is 138 Å².